The maximum atomic E-state index is 10.7. The fraction of sp³-hybridized carbons (Fsp3) is 0.308. The molecule has 0 aromatic heterocycles. The van der Waals surface area contributed by atoms with Crippen LogP contribution in [0.5, 0.6) is 0 Å². The number of carbonyl (C=O) groups excluding carboxylic acids is 1. The molecule has 0 aliphatic heterocycles. The molecule has 0 spiro atoms. The SMILES string of the molecule is CNCCC#Cc1cc(C)ccc1C=O. The van der Waals surface area contributed by atoms with E-state index in [0.29, 0.717) is 5.56 Å². The average Bonchev–Trinajstić information content (AvgIpc) is 2.25. The molecule has 15 heavy (non-hydrogen) atoms. The molecule has 0 saturated heterocycles. The van der Waals surface area contributed by atoms with Gasteiger partial charge in [-0.25, -0.2) is 0 Å². The summed E-state index contributed by atoms with van der Waals surface area (Å²) in [5, 5.41) is 3.02. The second-order valence-electron chi connectivity index (χ2n) is 3.36. The fourth-order valence-electron chi connectivity index (χ4n) is 1.23. The van der Waals surface area contributed by atoms with Crippen molar-refractivity contribution in [3.8, 4) is 11.8 Å². The van der Waals surface area contributed by atoms with Gasteiger partial charge in [-0.2, -0.15) is 0 Å². The van der Waals surface area contributed by atoms with Gasteiger partial charge in [-0.15, -0.1) is 0 Å². The third-order valence-electron chi connectivity index (χ3n) is 2.06. The topological polar surface area (TPSA) is 29.1 Å². The molecule has 1 rings (SSSR count). The minimum Gasteiger partial charge on any atom is -0.319 e. The predicted octanol–water partition coefficient (Wildman–Crippen LogP) is 1.77. The summed E-state index contributed by atoms with van der Waals surface area (Å²) in [5.41, 5.74) is 2.61. The summed E-state index contributed by atoms with van der Waals surface area (Å²) in [4.78, 5) is 10.7. The normalized spacial score (nSPS) is 9.20. The Balaban J connectivity index is 2.85. The van der Waals surface area contributed by atoms with Crippen LogP contribution in [0.2, 0.25) is 0 Å². The monoisotopic (exact) mass is 201 g/mol. The number of aryl methyl sites for hydroxylation is 1. The molecule has 0 aliphatic rings. The van der Waals surface area contributed by atoms with Gasteiger partial charge in [0, 0.05) is 24.1 Å². The molecule has 1 aromatic carbocycles. The van der Waals surface area contributed by atoms with Gasteiger partial charge in [0.2, 0.25) is 0 Å². The van der Waals surface area contributed by atoms with Gasteiger partial charge in [-0.1, -0.05) is 24.0 Å². The summed E-state index contributed by atoms with van der Waals surface area (Å²) in [6, 6.07) is 5.67. The smallest absolute Gasteiger partial charge is 0.151 e. The molecule has 0 fully saturated rings. The first-order chi connectivity index (χ1) is 7.27. The highest BCUT2D eigenvalue weighted by molar-refractivity contribution is 5.79. The maximum Gasteiger partial charge on any atom is 0.151 e. The van der Waals surface area contributed by atoms with Crippen molar-refractivity contribution in [1.29, 1.82) is 0 Å². The third-order valence-corrected chi connectivity index (χ3v) is 2.06. The first kappa shape index (κ1) is 11.5. The number of benzene rings is 1. The van der Waals surface area contributed by atoms with E-state index in [1.165, 1.54) is 0 Å². The van der Waals surface area contributed by atoms with E-state index in [2.05, 4.69) is 17.2 Å². The molecule has 0 aliphatic carbocycles. The Labute approximate surface area is 90.7 Å². The van der Waals surface area contributed by atoms with Crippen molar-refractivity contribution in [3.63, 3.8) is 0 Å². The summed E-state index contributed by atoms with van der Waals surface area (Å²) in [7, 11) is 1.89. The van der Waals surface area contributed by atoms with Crippen LogP contribution in [0.3, 0.4) is 0 Å². The van der Waals surface area contributed by atoms with Crippen molar-refractivity contribution < 1.29 is 4.79 Å². The van der Waals surface area contributed by atoms with Gasteiger partial charge in [0.1, 0.15) is 0 Å². The molecule has 0 radical (unpaired) electrons. The molecule has 2 nitrogen and oxygen atoms in total. The van der Waals surface area contributed by atoms with Crippen molar-refractivity contribution >= 4 is 6.29 Å². The highest BCUT2D eigenvalue weighted by atomic mass is 16.1. The maximum absolute atomic E-state index is 10.7. The van der Waals surface area contributed by atoms with Crippen molar-refractivity contribution in [2.75, 3.05) is 13.6 Å². The Morgan fingerprint density at radius 2 is 2.27 bits per heavy atom. The van der Waals surface area contributed by atoms with Crippen molar-refractivity contribution in [3.05, 3.63) is 34.9 Å². The van der Waals surface area contributed by atoms with Gasteiger partial charge in [0.05, 0.1) is 0 Å². The van der Waals surface area contributed by atoms with E-state index in [-0.39, 0.29) is 0 Å². The van der Waals surface area contributed by atoms with Crippen LogP contribution in [-0.4, -0.2) is 19.9 Å². The van der Waals surface area contributed by atoms with Gasteiger partial charge < -0.3 is 5.32 Å². The first-order valence-corrected chi connectivity index (χ1v) is 4.97. The molecule has 0 heterocycles. The van der Waals surface area contributed by atoms with E-state index < -0.39 is 0 Å². The standard InChI is InChI=1S/C13H15NO/c1-11-6-7-13(10-15)12(9-11)5-3-4-8-14-2/h6-7,9-10,14H,4,8H2,1-2H3. The number of hydrogen-bond donors (Lipinski definition) is 1. The molecule has 0 saturated carbocycles. The van der Waals surface area contributed by atoms with Crippen LogP contribution in [0.25, 0.3) is 0 Å². The number of carbonyl (C=O) groups is 1. The molecule has 0 bridgehead atoms. The van der Waals surface area contributed by atoms with E-state index in [4.69, 9.17) is 0 Å². The van der Waals surface area contributed by atoms with E-state index in [1.54, 1.807) is 0 Å². The van der Waals surface area contributed by atoms with Crippen LogP contribution in [0.1, 0.15) is 27.9 Å². The van der Waals surface area contributed by atoms with Crippen molar-refractivity contribution in [2.45, 2.75) is 13.3 Å². The molecule has 0 amide bonds. The Morgan fingerprint density at radius 3 is 2.93 bits per heavy atom. The number of aldehydes is 1. The van der Waals surface area contributed by atoms with Gasteiger partial charge in [-0.3, -0.25) is 4.79 Å². The second-order valence-corrected chi connectivity index (χ2v) is 3.36. The number of rotatable bonds is 3. The molecular weight excluding hydrogens is 186 g/mol. The lowest BCUT2D eigenvalue weighted by atomic mass is 10.1. The molecule has 2 heteroatoms. The minimum atomic E-state index is 0.664. The minimum absolute atomic E-state index is 0.664. The lowest BCUT2D eigenvalue weighted by molar-refractivity contribution is 0.112. The lowest BCUT2D eigenvalue weighted by Crippen LogP contribution is -2.05. The zero-order valence-electron chi connectivity index (χ0n) is 9.13. The Hall–Kier alpha value is -1.59. The Kier molecular flexibility index (Phi) is 4.59. The molecule has 0 unspecified atom stereocenters. The highest BCUT2D eigenvalue weighted by Crippen LogP contribution is 2.08. The van der Waals surface area contributed by atoms with E-state index >= 15 is 0 Å². The average molecular weight is 201 g/mol. The first-order valence-electron chi connectivity index (χ1n) is 4.97. The van der Waals surface area contributed by atoms with Crippen LogP contribution in [0, 0.1) is 18.8 Å². The van der Waals surface area contributed by atoms with Crippen molar-refractivity contribution in [2.24, 2.45) is 0 Å². The molecule has 0 atom stereocenters. The fourth-order valence-corrected chi connectivity index (χ4v) is 1.23. The van der Waals surface area contributed by atoms with Crippen LogP contribution < -0.4 is 5.32 Å². The summed E-state index contributed by atoms with van der Waals surface area (Å²) in [6.07, 6.45) is 1.64. The van der Waals surface area contributed by atoms with Crippen LogP contribution in [-0.2, 0) is 0 Å². The van der Waals surface area contributed by atoms with E-state index in [1.807, 2.05) is 32.2 Å². The van der Waals surface area contributed by atoms with Crippen LogP contribution >= 0.6 is 0 Å². The molecule has 1 N–H and O–H groups in total. The second kappa shape index (κ2) is 6.00. The number of nitrogens with one attached hydrogen (secondary N) is 1. The van der Waals surface area contributed by atoms with Gasteiger partial charge >= 0.3 is 0 Å². The molecule has 1 aromatic rings. The zero-order chi connectivity index (χ0) is 11.1. The molecular formula is C13H15NO. The number of hydrogen-bond acceptors (Lipinski definition) is 2. The summed E-state index contributed by atoms with van der Waals surface area (Å²) in [5.74, 6) is 6.05. The van der Waals surface area contributed by atoms with Gasteiger partial charge in [-0.05, 0) is 25.6 Å². The van der Waals surface area contributed by atoms with Crippen molar-refractivity contribution in [1.82, 2.24) is 5.32 Å². The lowest BCUT2D eigenvalue weighted by Gasteiger charge is -1.98. The highest BCUT2D eigenvalue weighted by Gasteiger charge is 1.97. The van der Waals surface area contributed by atoms with Crippen LogP contribution in [0.4, 0.5) is 0 Å². The quantitative estimate of drug-likeness (QED) is 0.459. The van der Waals surface area contributed by atoms with Crippen LogP contribution in [0.15, 0.2) is 18.2 Å². The predicted molar refractivity (Wildman–Crippen MR) is 62.0 cm³/mol. The Bertz CT molecular complexity index is 399. The summed E-state index contributed by atoms with van der Waals surface area (Å²) >= 11 is 0. The summed E-state index contributed by atoms with van der Waals surface area (Å²) < 4.78 is 0. The van der Waals surface area contributed by atoms with E-state index in [0.717, 1.165) is 30.4 Å². The summed E-state index contributed by atoms with van der Waals surface area (Å²) in [6.45, 7) is 2.86. The largest absolute Gasteiger partial charge is 0.319 e. The third kappa shape index (κ3) is 3.57. The Morgan fingerprint density at radius 1 is 1.47 bits per heavy atom. The molecule has 78 valence electrons. The van der Waals surface area contributed by atoms with Gasteiger partial charge in [0.25, 0.3) is 0 Å². The van der Waals surface area contributed by atoms with Gasteiger partial charge in [0.15, 0.2) is 6.29 Å². The van der Waals surface area contributed by atoms with E-state index in [9.17, 15) is 4.79 Å². The zero-order valence-corrected chi connectivity index (χ0v) is 9.13.